The fourth-order valence-electron chi connectivity index (χ4n) is 1.21. The van der Waals surface area contributed by atoms with Crippen LogP contribution in [0.25, 0.3) is 11.4 Å². The first-order valence-electron chi connectivity index (χ1n) is 3.94. The fraction of sp³-hybridized carbons (Fsp3) is 0.250. The minimum Gasteiger partial charge on any atom is -0.388 e. The Balaban J connectivity index is 2.41. The maximum atomic E-state index is 8.80. The zero-order valence-corrected chi connectivity index (χ0v) is 7.23. The van der Waals surface area contributed by atoms with Gasteiger partial charge >= 0.3 is 0 Å². The minimum absolute atomic E-state index is 0.0716. The molecule has 2 N–H and O–H groups in total. The van der Waals surface area contributed by atoms with Gasteiger partial charge in [0.15, 0.2) is 0 Å². The number of aliphatic hydroxyl groups is 1. The van der Waals surface area contributed by atoms with Crippen LogP contribution in [0.2, 0.25) is 0 Å². The summed E-state index contributed by atoms with van der Waals surface area (Å²) in [5.74, 6) is 0.566. The quantitative estimate of drug-likeness (QED) is 0.695. The minimum atomic E-state index is -0.0716. The third-order valence-corrected chi connectivity index (χ3v) is 1.88. The lowest BCUT2D eigenvalue weighted by Crippen LogP contribution is -1.93. The number of rotatable bonds is 2. The van der Waals surface area contributed by atoms with E-state index in [0.29, 0.717) is 5.82 Å². The fourth-order valence-corrected chi connectivity index (χ4v) is 1.21. The van der Waals surface area contributed by atoms with E-state index in [0.717, 1.165) is 11.4 Å². The molecule has 0 atom stereocenters. The maximum absolute atomic E-state index is 8.80. The maximum Gasteiger partial charge on any atom is 0.132 e. The molecule has 0 saturated carbocycles. The first-order valence-corrected chi connectivity index (χ1v) is 3.94. The first kappa shape index (κ1) is 8.00. The number of imidazole rings is 1. The largest absolute Gasteiger partial charge is 0.388 e. The molecule has 5 nitrogen and oxygen atoms in total. The van der Waals surface area contributed by atoms with E-state index in [9.17, 15) is 0 Å². The molecule has 0 radical (unpaired) electrons. The zero-order valence-electron chi connectivity index (χ0n) is 7.23. The summed E-state index contributed by atoms with van der Waals surface area (Å²) in [6, 6.07) is 1.88. The summed E-state index contributed by atoms with van der Waals surface area (Å²) in [6.45, 7) is -0.0716. The number of nitrogens with one attached hydrogen (secondary N) is 1. The molecule has 2 aromatic rings. The second-order valence-corrected chi connectivity index (χ2v) is 2.74. The average molecular weight is 178 g/mol. The number of nitrogens with zero attached hydrogens (tertiary/aromatic N) is 3. The van der Waals surface area contributed by atoms with E-state index >= 15 is 0 Å². The van der Waals surface area contributed by atoms with Crippen molar-refractivity contribution in [2.75, 3.05) is 0 Å². The van der Waals surface area contributed by atoms with E-state index in [2.05, 4.69) is 15.1 Å². The molecule has 5 heteroatoms. The van der Waals surface area contributed by atoms with Crippen molar-refractivity contribution in [3.05, 3.63) is 24.3 Å². The Labute approximate surface area is 75.0 Å². The monoisotopic (exact) mass is 178 g/mol. The van der Waals surface area contributed by atoms with Crippen LogP contribution >= 0.6 is 0 Å². The number of hydrogen-bond donors (Lipinski definition) is 2. The molecular formula is C8H10N4O. The normalized spacial score (nSPS) is 10.6. The molecule has 0 aliphatic heterocycles. The van der Waals surface area contributed by atoms with Crippen LogP contribution in [0.15, 0.2) is 18.5 Å². The number of aliphatic hydroxyl groups excluding tert-OH is 1. The molecule has 2 rings (SSSR count). The van der Waals surface area contributed by atoms with Crippen LogP contribution in [0.3, 0.4) is 0 Å². The van der Waals surface area contributed by atoms with Gasteiger partial charge in [0.25, 0.3) is 0 Å². The summed E-state index contributed by atoms with van der Waals surface area (Å²) >= 11 is 0. The number of aryl methyl sites for hydroxylation is 1. The molecule has 0 aliphatic rings. The van der Waals surface area contributed by atoms with Crippen molar-refractivity contribution in [1.29, 1.82) is 0 Å². The van der Waals surface area contributed by atoms with Gasteiger partial charge in [0.05, 0.1) is 17.6 Å². The molecule has 0 aromatic carbocycles. The van der Waals surface area contributed by atoms with Crippen molar-refractivity contribution >= 4 is 0 Å². The van der Waals surface area contributed by atoms with Crippen molar-refractivity contribution in [2.45, 2.75) is 6.61 Å². The average Bonchev–Trinajstić information content (AvgIpc) is 2.71. The van der Waals surface area contributed by atoms with Gasteiger partial charge in [-0.1, -0.05) is 0 Å². The van der Waals surface area contributed by atoms with Crippen LogP contribution in [-0.4, -0.2) is 24.9 Å². The SMILES string of the molecule is Cn1nccc1-c1cnc(CO)[nH]1. The number of hydrogen-bond acceptors (Lipinski definition) is 3. The summed E-state index contributed by atoms with van der Waals surface area (Å²) in [4.78, 5) is 6.97. The number of aromatic amines is 1. The van der Waals surface area contributed by atoms with E-state index in [1.807, 2.05) is 13.1 Å². The summed E-state index contributed by atoms with van der Waals surface area (Å²) in [5.41, 5.74) is 1.82. The Kier molecular flexibility index (Phi) is 1.86. The van der Waals surface area contributed by atoms with Gasteiger partial charge in [0.2, 0.25) is 0 Å². The van der Waals surface area contributed by atoms with Crippen molar-refractivity contribution in [2.24, 2.45) is 7.05 Å². The molecule has 2 heterocycles. The predicted octanol–water partition coefficient (Wildman–Crippen LogP) is 0.302. The van der Waals surface area contributed by atoms with Gasteiger partial charge in [-0.25, -0.2) is 4.98 Å². The van der Waals surface area contributed by atoms with E-state index in [1.165, 1.54) is 0 Å². The summed E-state index contributed by atoms with van der Waals surface area (Å²) in [5, 5.41) is 12.8. The summed E-state index contributed by atoms with van der Waals surface area (Å²) < 4.78 is 1.74. The molecule has 0 aliphatic carbocycles. The molecule has 0 saturated heterocycles. The van der Waals surface area contributed by atoms with Gasteiger partial charge < -0.3 is 10.1 Å². The third-order valence-electron chi connectivity index (χ3n) is 1.88. The van der Waals surface area contributed by atoms with Crippen LogP contribution in [0.4, 0.5) is 0 Å². The van der Waals surface area contributed by atoms with Gasteiger partial charge in [-0.2, -0.15) is 5.10 Å². The lowest BCUT2D eigenvalue weighted by molar-refractivity contribution is 0.272. The van der Waals surface area contributed by atoms with E-state index in [4.69, 9.17) is 5.11 Å². The zero-order chi connectivity index (χ0) is 9.26. The molecule has 2 aromatic heterocycles. The van der Waals surface area contributed by atoms with E-state index < -0.39 is 0 Å². The smallest absolute Gasteiger partial charge is 0.132 e. The molecular weight excluding hydrogens is 168 g/mol. The summed E-state index contributed by atoms with van der Waals surface area (Å²) in [6.07, 6.45) is 3.40. The van der Waals surface area contributed by atoms with Crippen molar-refractivity contribution < 1.29 is 5.11 Å². The number of H-pyrrole nitrogens is 1. The highest BCUT2D eigenvalue weighted by molar-refractivity contribution is 5.52. The Hall–Kier alpha value is -1.62. The second-order valence-electron chi connectivity index (χ2n) is 2.74. The highest BCUT2D eigenvalue weighted by atomic mass is 16.3. The lowest BCUT2D eigenvalue weighted by atomic mass is 10.3. The third kappa shape index (κ3) is 1.33. The molecule has 0 unspecified atom stereocenters. The molecule has 0 spiro atoms. The highest BCUT2D eigenvalue weighted by Crippen LogP contribution is 2.14. The van der Waals surface area contributed by atoms with Crippen LogP contribution in [-0.2, 0) is 13.7 Å². The van der Waals surface area contributed by atoms with E-state index in [-0.39, 0.29) is 6.61 Å². The molecule has 68 valence electrons. The Morgan fingerprint density at radius 3 is 3.00 bits per heavy atom. The standard InChI is InChI=1S/C8H10N4O/c1-12-7(2-3-10-12)6-4-9-8(5-13)11-6/h2-4,13H,5H2,1H3,(H,9,11). The van der Waals surface area contributed by atoms with Gasteiger partial charge in [-0.05, 0) is 6.07 Å². The van der Waals surface area contributed by atoms with E-state index in [1.54, 1.807) is 17.1 Å². The van der Waals surface area contributed by atoms with Crippen LogP contribution in [0, 0.1) is 0 Å². The van der Waals surface area contributed by atoms with Crippen molar-refractivity contribution in [3.8, 4) is 11.4 Å². The van der Waals surface area contributed by atoms with Gasteiger partial charge in [0.1, 0.15) is 12.4 Å². The molecule has 13 heavy (non-hydrogen) atoms. The van der Waals surface area contributed by atoms with Crippen molar-refractivity contribution in [1.82, 2.24) is 19.7 Å². The molecule has 0 amide bonds. The predicted molar refractivity (Wildman–Crippen MR) is 46.7 cm³/mol. The topological polar surface area (TPSA) is 66.7 Å². The van der Waals surface area contributed by atoms with Crippen LogP contribution in [0.5, 0.6) is 0 Å². The Bertz CT molecular complexity index is 404. The second kappa shape index (κ2) is 3.02. The molecule has 0 bridgehead atoms. The Morgan fingerprint density at radius 1 is 1.62 bits per heavy atom. The number of aromatic nitrogens is 4. The Morgan fingerprint density at radius 2 is 2.46 bits per heavy atom. The van der Waals surface area contributed by atoms with Crippen LogP contribution < -0.4 is 0 Å². The van der Waals surface area contributed by atoms with Gasteiger partial charge in [-0.15, -0.1) is 0 Å². The van der Waals surface area contributed by atoms with Crippen molar-refractivity contribution in [3.63, 3.8) is 0 Å². The first-order chi connectivity index (χ1) is 6.31. The summed E-state index contributed by atoms with van der Waals surface area (Å²) in [7, 11) is 1.86. The molecule has 0 fully saturated rings. The lowest BCUT2D eigenvalue weighted by Gasteiger charge is -1.96. The van der Waals surface area contributed by atoms with Gasteiger partial charge in [-0.3, -0.25) is 4.68 Å². The van der Waals surface area contributed by atoms with Gasteiger partial charge in [0, 0.05) is 13.2 Å². The van der Waals surface area contributed by atoms with Crippen LogP contribution in [0.1, 0.15) is 5.82 Å². The highest BCUT2D eigenvalue weighted by Gasteiger charge is 2.05.